The molecule has 1 aromatic carbocycles. The first-order chi connectivity index (χ1) is 6.06. The van der Waals surface area contributed by atoms with E-state index in [4.69, 9.17) is 20.4 Å². The van der Waals surface area contributed by atoms with Gasteiger partial charge in [0.15, 0.2) is 11.5 Å². The molecule has 0 atom stereocenters. The van der Waals surface area contributed by atoms with Crippen LogP contribution in [-0.2, 0) is 6.61 Å². The van der Waals surface area contributed by atoms with Gasteiger partial charge in [-0.2, -0.15) is 0 Å². The van der Waals surface area contributed by atoms with Gasteiger partial charge < -0.3 is 20.4 Å². The first-order valence-electron chi connectivity index (χ1n) is 3.45. The predicted molar refractivity (Wildman–Crippen MR) is 42.7 cm³/mol. The quantitative estimate of drug-likeness (QED) is 0.495. The SMILES string of the molecule is O=C(O)c1cc(O)c(O)cc1CO. The van der Waals surface area contributed by atoms with Gasteiger partial charge in [-0.25, -0.2) is 4.79 Å². The smallest absolute Gasteiger partial charge is 0.336 e. The minimum Gasteiger partial charge on any atom is -0.504 e. The predicted octanol–water partition coefficient (Wildman–Crippen LogP) is 0.288. The van der Waals surface area contributed by atoms with Crippen molar-refractivity contribution in [2.75, 3.05) is 0 Å². The second kappa shape index (κ2) is 3.32. The topological polar surface area (TPSA) is 98.0 Å². The molecular weight excluding hydrogens is 176 g/mol. The lowest BCUT2D eigenvalue weighted by Gasteiger charge is -2.04. The van der Waals surface area contributed by atoms with Crippen molar-refractivity contribution in [3.05, 3.63) is 23.3 Å². The lowest BCUT2D eigenvalue weighted by Crippen LogP contribution is -2.02. The first kappa shape index (κ1) is 9.34. The molecule has 0 heterocycles. The van der Waals surface area contributed by atoms with Crippen LogP contribution in [0.3, 0.4) is 0 Å². The van der Waals surface area contributed by atoms with Gasteiger partial charge in [-0.05, 0) is 17.7 Å². The van der Waals surface area contributed by atoms with Crippen molar-refractivity contribution in [1.82, 2.24) is 0 Å². The van der Waals surface area contributed by atoms with Gasteiger partial charge in [0.2, 0.25) is 0 Å². The van der Waals surface area contributed by atoms with E-state index in [1.807, 2.05) is 0 Å². The highest BCUT2D eigenvalue weighted by Crippen LogP contribution is 2.28. The van der Waals surface area contributed by atoms with Gasteiger partial charge in [0.05, 0.1) is 12.2 Å². The van der Waals surface area contributed by atoms with Crippen LogP contribution >= 0.6 is 0 Å². The standard InChI is InChI=1S/C8H8O5/c9-3-4-1-6(10)7(11)2-5(4)8(12)13/h1-2,9-11H,3H2,(H,12,13). The molecule has 0 aliphatic carbocycles. The lowest BCUT2D eigenvalue weighted by atomic mass is 10.1. The molecule has 1 rings (SSSR count). The molecule has 4 N–H and O–H groups in total. The number of aromatic carboxylic acids is 1. The van der Waals surface area contributed by atoms with Crippen molar-refractivity contribution in [3.8, 4) is 11.5 Å². The number of aromatic hydroxyl groups is 2. The Kier molecular flexibility index (Phi) is 2.39. The second-order valence-electron chi connectivity index (χ2n) is 2.46. The summed E-state index contributed by atoms with van der Waals surface area (Å²) in [6, 6.07) is 1.90. The number of phenols is 2. The van der Waals surface area contributed by atoms with Crippen molar-refractivity contribution in [2.24, 2.45) is 0 Å². The molecule has 0 bridgehead atoms. The first-order valence-corrected chi connectivity index (χ1v) is 3.45. The fourth-order valence-corrected chi connectivity index (χ4v) is 0.950. The molecule has 0 spiro atoms. The molecule has 13 heavy (non-hydrogen) atoms. The van der Waals surface area contributed by atoms with E-state index in [2.05, 4.69) is 0 Å². The fourth-order valence-electron chi connectivity index (χ4n) is 0.950. The summed E-state index contributed by atoms with van der Waals surface area (Å²) in [7, 11) is 0. The molecule has 0 saturated carbocycles. The highest BCUT2D eigenvalue weighted by Gasteiger charge is 2.13. The van der Waals surface area contributed by atoms with Crippen LogP contribution in [0, 0.1) is 0 Å². The summed E-state index contributed by atoms with van der Waals surface area (Å²) in [6.45, 7) is -0.504. The van der Waals surface area contributed by atoms with E-state index in [0.29, 0.717) is 0 Å². The summed E-state index contributed by atoms with van der Waals surface area (Å²) in [5.74, 6) is -2.23. The molecule has 5 nitrogen and oxygen atoms in total. The van der Waals surface area contributed by atoms with Gasteiger partial charge in [-0.1, -0.05) is 0 Å². The Bertz CT molecular complexity index is 345. The van der Waals surface area contributed by atoms with Crippen LogP contribution in [-0.4, -0.2) is 26.4 Å². The third-order valence-electron chi connectivity index (χ3n) is 1.60. The number of benzene rings is 1. The van der Waals surface area contributed by atoms with Crippen LogP contribution < -0.4 is 0 Å². The number of carbonyl (C=O) groups is 1. The number of phenolic OH excluding ortho intramolecular Hbond substituents is 2. The molecule has 0 fully saturated rings. The van der Waals surface area contributed by atoms with E-state index >= 15 is 0 Å². The van der Waals surface area contributed by atoms with Crippen LogP contribution in [0.5, 0.6) is 11.5 Å². The Morgan fingerprint density at radius 3 is 2.23 bits per heavy atom. The number of carboxylic acids is 1. The van der Waals surface area contributed by atoms with Crippen LogP contribution in [0.4, 0.5) is 0 Å². The summed E-state index contributed by atoms with van der Waals surface area (Å²) in [6.07, 6.45) is 0. The van der Waals surface area contributed by atoms with Gasteiger partial charge in [-0.3, -0.25) is 0 Å². The maximum absolute atomic E-state index is 10.5. The summed E-state index contributed by atoms with van der Waals surface area (Å²) in [5.41, 5.74) is -0.166. The number of aliphatic hydroxyl groups is 1. The minimum atomic E-state index is -1.26. The highest BCUT2D eigenvalue weighted by atomic mass is 16.4. The largest absolute Gasteiger partial charge is 0.504 e. The number of rotatable bonds is 2. The maximum atomic E-state index is 10.5. The van der Waals surface area contributed by atoms with E-state index in [9.17, 15) is 4.79 Å². The maximum Gasteiger partial charge on any atom is 0.336 e. The Balaban J connectivity index is 3.33. The zero-order chi connectivity index (χ0) is 10.0. The van der Waals surface area contributed by atoms with Crippen LogP contribution in [0.15, 0.2) is 12.1 Å². The molecule has 70 valence electrons. The van der Waals surface area contributed by atoms with Gasteiger partial charge in [0.1, 0.15) is 0 Å². The number of carboxylic acid groups (broad SMARTS) is 1. The van der Waals surface area contributed by atoms with Crippen molar-refractivity contribution in [3.63, 3.8) is 0 Å². The molecule has 0 saturated heterocycles. The van der Waals surface area contributed by atoms with E-state index in [1.54, 1.807) is 0 Å². The Morgan fingerprint density at radius 1 is 1.23 bits per heavy atom. The Morgan fingerprint density at radius 2 is 1.77 bits per heavy atom. The van der Waals surface area contributed by atoms with Crippen LogP contribution in [0.25, 0.3) is 0 Å². The molecule has 0 aliphatic rings. The molecular formula is C8H8O5. The number of aliphatic hydroxyl groups excluding tert-OH is 1. The zero-order valence-electron chi connectivity index (χ0n) is 6.56. The van der Waals surface area contributed by atoms with E-state index < -0.39 is 24.1 Å². The van der Waals surface area contributed by atoms with Crippen LogP contribution in [0.1, 0.15) is 15.9 Å². The Hall–Kier alpha value is -1.75. The van der Waals surface area contributed by atoms with E-state index in [-0.39, 0.29) is 11.1 Å². The summed E-state index contributed by atoms with van der Waals surface area (Å²) in [5, 5.41) is 35.3. The lowest BCUT2D eigenvalue weighted by molar-refractivity contribution is 0.0693. The minimum absolute atomic E-state index is 0.0581. The molecule has 0 aliphatic heterocycles. The summed E-state index contributed by atoms with van der Waals surface area (Å²) < 4.78 is 0. The molecule has 0 radical (unpaired) electrons. The molecule has 0 unspecified atom stereocenters. The van der Waals surface area contributed by atoms with Crippen LogP contribution in [0.2, 0.25) is 0 Å². The van der Waals surface area contributed by atoms with Crippen molar-refractivity contribution in [1.29, 1.82) is 0 Å². The van der Waals surface area contributed by atoms with Crippen molar-refractivity contribution < 1.29 is 25.2 Å². The Labute approximate surface area is 73.5 Å². The van der Waals surface area contributed by atoms with E-state index in [0.717, 1.165) is 12.1 Å². The van der Waals surface area contributed by atoms with E-state index in [1.165, 1.54) is 0 Å². The summed E-state index contributed by atoms with van der Waals surface area (Å²) >= 11 is 0. The average molecular weight is 184 g/mol. The zero-order valence-corrected chi connectivity index (χ0v) is 6.56. The molecule has 5 heteroatoms. The molecule has 1 aromatic rings. The number of hydrogen-bond donors (Lipinski definition) is 4. The molecule has 0 amide bonds. The molecule has 0 aromatic heterocycles. The van der Waals surface area contributed by atoms with Gasteiger partial charge in [0, 0.05) is 0 Å². The van der Waals surface area contributed by atoms with Crippen molar-refractivity contribution in [2.45, 2.75) is 6.61 Å². The summed E-state index contributed by atoms with van der Waals surface area (Å²) in [4.78, 5) is 10.5. The van der Waals surface area contributed by atoms with Gasteiger partial charge in [-0.15, -0.1) is 0 Å². The van der Waals surface area contributed by atoms with Gasteiger partial charge >= 0.3 is 5.97 Å². The normalized spacial score (nSPS) is 9.92. The monoisotopic (exact) mass is 184 g/mol. The third-order valence-corrected chi connectivity index (χ3v) is 1.60. The third kappa shape index (κ3) is 1.70. The number of hydrogen-bond acceptors (Lipinski definition) is 4. The van der Waals surface area contributed by atoms with Gasteiger partial charge in [0.25, 0.3) is 0 Å². The highest BCUT2D eigenvalue weighted by molar-refractivity contribution is 5.90. The average Bonchev–Trinajstić information content (AvgIpc) is 2.08. The fraction of sp³-hybridized carbons (Fsp3) is 0.125. The second-order valence-corrected chi connectivity index (χ2v) is 2.46. The van der Waals surface area contributed by atoms with Crippen molar-refractivity contribution >= 4 is 5.97 Å².